The second-order valence-corrected chi connectivity index (χ2v) is 8.38. The highest BCUT2D eigenvalue weighted by molar-refractivity contribution is 7.89. The van der Waals surface area contributed by atoms with E-state index in [2.05, 4.69) is 14.5 Å². The highest BCUT2D eigenvalue weighted by atomic mass is 32.2. The Morgan fingerprint density at radius 3 is 2.30 bits per heavy atom. The van der Waals surface area contributed by atoms with Gasteiger partial charge in [-0.15, -0.1) is 0 Å². The third-order valence-electron chi connectivity index (χ3n) is 4.72. The average molecular weight is 395 g/mol. The number of hydrogen-bond donors (Lipinski definition) is 1. The number of nitrogens with zero attached hydrogens (tertiary/aromatic N) is 2. The number of benzene rings is 2. The molecule has 1 aliphatic heterocycles. The first-order chi connectivity index (χ1) is 12.8. The lowest BCUT2D eigenvalue weighted by molar-refractivity contribution is 0.262. The molecule has 0 bridgehead atoms. The molecule has 1 N–H and O–H groups in total. The molecule has 0 atom stereocenters. The summed E-state index contributed by atoms with van der Waals surface area (Å²) in [5.74, 6) is -0.672. The molecule has 1 fully saturated rings. The Balaban J connectivity index is 1.47. The smallest absolute Gasteiger partial charge is 0.240 e. The number of piperazine rings is 1. The van der Waals surface area contributed by atoms with Crippen LogP contribution >= 0.6 is 0 Å². The van der Waals surface area contributed by atoms with Crippen LogP contribution < -0.4 is 9.62 Å². The third kappa shape index (κ3) is 5.03. The second kappa shape index (κ2) is 8.33. The van der Waals surface area contributed by atoms with Crippen molar-refractivity contribution in [1.29, 1.82) is 0 Å². The molecule has 0 radical (unpaired) electrons. The summed E-state index contributed by atoms with van der Waals surface area (Å²) in [6, 6.07) is 10.2. The van der Waals surface area contributed by atoms with Crippen LogP contribution in [0.25, 0.3) is 0 Å². The van der Waals surface area contributed by atoms with E-state index in [4.69, 9.17) is 0 Å². The van der Waals surface area contributed by atoms with Crippen molar-refractivity contribution < 1.29 is 17.2 Å². The zero-order valence-corrected chi connectivity index (χ0v) is 16.0. The lowest BCUT2D eigenvalue weighted by atomic mass is 10.2. The van der Waals surface area contributed by atoms with Crippen LogP contribution in [0.4, 0.5) is 14.5 Å². The van der Waals surface area contributed by atoms with Crippen molar-refractivity contribution in [3.63, 3.8) is 0 Å². The summed E-state index contributed by atoms with van der Waals surface area (Å²) >= 11 is 0. The van der Waals surface area contributed by atoms with Crippen LogP contribution in [0.5, 0.6) is 0 Å². The van der Waals surface area contributed by atoms with Crippen LogP contribution in [-0.2, 0) is 10.0 Å². The molecular formula is C19H23F2N3O2S. The van der Waals surface area contributed by atoms with E-state index in [1.807, 2.05) is 0 Å². The maximum absolute atomic E-state index is 13.3. The van der Waals surface area contributed by atoms with Crippen molar-refractivity contribution >= 4 is 15.7 Å². The summed E-state index contributed by atoms with van der Waals surface area (Å²) in [6.45, 7) is 5.62. The predicted octanol–water partition coefficient (Wildman–Crippen LogP) is 2.37. The van der Waals surface area contributed by atoms with E-state index in [9.17, 15) is 17.2 Å². The Morgan fingerprint density at radius 2 is 1.67 bits per heavy atom. The fraction of sp³-hybridized carbons (Fsp3) is 0.368. The van der Waals surface area contributed by atoms with Crippen LogP contribution in [0.3, 0.4) is 0 Å². The highest BCUT2D eigenvalue weighted by Gasteiger charge is 2.19. The molecule has 0 aromatic heterocycles. The average Bonchev–Trinajstić information content (AvgIpc) is 2.65. The normalized spacial score (nSPS) is 15.9. The van der Waals surface area contributed by atoms with Gasteiger partial charge in [-0.1, -0.05) is 0 Å². The molecule has 27 heavy (non-hydrogen) atoms. The van der Waals surface area contributed by atoms with Gasteiger partial charge in [-0.3, -0.25) is 4.90 Å². The minimum atomic E-state index is -3.65. The van der Waals surface area contributed by atoms with Crippen LogP contribution in [0.1, 0.15) is 5.56 Å². The van der Waals surface area contributed by atoms with Crippen LogP contribution in [0.15, 0.2) is 47.4 Å². The van der Waals surface area contributed by atoms with E-state index >= 15 is 0 Å². The first-order valence-corrected chi connectivity index (χ1v) is 10.3. The zero-order chi connectivity index (χ0) is 19.4. The van der Waals surface area contributed by atoms with Gasteiger partial charge in [0, 0.05) is 45.0 Å². The van der Waals surface area contributed by atoms with Gasteiger partial charge in [-0.2, -0.15) is 0 Å². The molecule has 0 amide bonds. The van der Waals surface area contributed by atoms with Gasteiger partial charge in [-0.05, 0) is 55.0 Å². The van der Waals surface area contributed by atoms with E-state index in [-0.39, 0.29) is 17.3 Å². The molecule has 8 heteroatoms. The number of hydrogen-bond acceptors (Lipinski definition) is 4. The highest BCUT2D eigenvalue weighted by Crippen LogP contribution is 2.17. The quantitative estimate of drug-likeness (QED) is 0.816. The Kier molecular flexibility index (Phi) is 6.08. The molecule has 1 aliphatic rings. The van der Waals surface area contributed by atoms with Gasteiger partial charge >= 0.3 is 0 Å². The molecular weight excluding hydrogens is 372 g/mol. The van der Waals surface area contributed by atoms with Gasteiger partial charge in [0.15, 0.2) is 0 Å². The van der Waals surface area contributed by atoms with Crippen molar-refractivity contribution in [2.45, 2.75) is 11.8 Å². The van der Waals surface area contributed by atoms with Gasteiger partial charge in [0.2, 0.25) is 10.0 Å². The van der Waals surface area contributed by atoms with Gasteiger partial charge in [0.1, 0.15) is 11.6 Å². The lowest BCUT2D eigenvalue weighted by Gasteiger charge is -2.36. The van der Waals surface area contributed by atoms with Crippen molar-refractivity contribution in [2.24, 2.45) is 0 Å². The van der Waals surface area contributed by atoms with Crippen molar-refractivity contribution in [2.75, 3.05) is 44.2 Å². The first-order valence-electron chi connectivity index (χ1n) is 8.84. The molecule has 2 aromatic rings. The number of halogens is 2. The van der Waals surface area contributed by atoms with E-state index in [1.165, 1.54) is 37.3 Å². The molecule has 2 aromatic carbocycles. The second-order valence-electron chi connectivity index (χ2n) is 6.61. The summed E-state index contributed by atoms with van der Waals surface area (Å²) in [5.41, 5.74) is 1.29. The fourth-order valence-corrected chi connectivity index (χ4v) is 4.19. The maximum atomic E-state index is 13.3. The predicted molar refractivity (Wildman–Crippen MR) is 101 cm³/mol. The minimum Gasteiger partial charge on any atom is -0.369 e. The topological polar surface area (TPSA) is 52.7 Å². The Labute approximate surface area is 158 Å². The largest absolute Gasteiger partial charge is 0.369 e. The van der Waals surface area contributed by atoms with E-state index < -0.39 is 15.8 Å². The van der Waals surface area contributed by atoms with E-state index in [0.717, 1.165) is 31.9 Å². The molecule has 1 saturated heterocycles. The van der Waals surface area contributed by atoms with Crippen molar-refractivity contribution in [1.82, 2.24) is 9.62 Å². The number of aryl methyl sites for hydroxylation is 1. The number of sulfonamides is 1. The Hall–Kier alpha value is -2.03. The van der Waals surface area contributed by atoms with Crippen LogP contribution in [0, 0.1) is 18.6 Å². The van der Waals surface area contributed by atoms with Crippen LogP contribution in [-0.4, -0.2) is 52.6 Å². The first kappa shape index (κ1) is 19.7. The number of nitrogens with one attached hydrogen (secondary N) is 1. The monoisotopic (exact) mass is 395 g/mol. The van der Waals surface area contributed by atoms with Crippen molar-refractivity contribution in [3.8, 4) is 0 Å². The summed E-state index contributed by atoms with van der Waals surface area (Å²) in [5, 5.41) is 0. The molecule has 0 spiro atoms. The molecule has 1 heterocycles. The fourth-order valence-electron chi connectivity index (χ4n) is 3.09. The molecule has 0 saturated carbocycles. The molecule has 3 rings (SSSR count). The minimum absolute atomic E-state index is 0.0718. The van der Waals surface area contributed by atoms with Crippen molar-refractivity contribution in [3.05, 3.63) is 59.7 Å². The number of anilines is 1. The number of rotatable bonds is 6. The van der Waals surface area contributed by atoms with Gasteiger partial charge in [0.25, 0.3) is 0 Å². The maximum Gasteiger partial charge on any atom is 0.240 e. The lowest BCUT2D eigenvalue weighted by Crippen LogP contribution is -2.48. The van der Waals surface area contributed by atoms with E-state index in [0.29, 0.717) is 12.1 Å². The van der Waals surface area contributed by atoms with E-state index in [1.54, 1.807) is 12.1 Å². The molecule has 0 unspecified atom stereocenters. The Morgan fingerprint density at radius 1 is 1.00 bits per heavy atom. The summed E-state index contributed by atoms with van der Waals surface area (Å²) in [4.78, 5) is 4.43. The standard InChI is InChI=1S/C19H23F2N3O2S/c1-15-14-18(6-7-19(15)21)27(25,26)22-8-9-23-10-12-24(13-11-23)17-4-2-16(20)3-5-17/h2-7,14,22H,8-13H2,1H3. The third-order valence-corrected chi connectivity index (χ3v) is 6.18. The van der Waals surface area contributed by atoms with Gasteiger partial charge in [-0.25, -0.2) is 21.9 Å². The Bertz CT molecular complexity index is 880. The zero-order valence-electron chi connectivity index (χ0n) is 15.2. The van der Waals surface area contributed by atoms with Gasteiger partial charge < -0.3 is 4.90 Å². The van der Waals surface area contributed by atoms with Gasteiger partial charge in [0.05, 0.1) is 4.90 Å². The summed E-state index contributed by atoms with van der Waals surface area (Å²) in [6.07, 6.45) is 0. The van der Waals surface area contributed by atoms with Crippen LogP contribution in [0.2, 0.25) is 0 Å². The molecule has 146 valence electrons. The summed E-state index contributed by atoms with van der Waals surface area (Å²) < 4.78 is 53.5. The summed E-state index contributed by atoms with van der Waals surface area (Å²) in [7, 11) is -3.65. The SMILES string of the molecule is Cc1cc(S(=O)(=O)NCCN2CCN(c3ccc(F)cc3)CC2)ccc1F. The molecule has 0 aliphatic carbocycles. The molecule has 5 nitrogen and oxygen atoms in total.